The fourth-order valence-electron chi connectivity index (χ4n) is 1.76. The maximum Gasteiger partial charge on any atom is 0.114 e. The van der Waals surface area contributed by atoms with Gasteiger partial charge in [-0.25, -0.2) is 4.68 Å². The summed E-state index contributed by atoms with van der Waals surface area (Å²) in [4.78, 5) is 0. The molecule has 0 saturated carbocycles. The molecule has 0 atom stereocenters. The minimum Gasteiger partial charge on any atom is -0.390 e. The van der Waals surface area contributed by atoms with Crippen molar-refractivity contribution >= 4 is 11.6 Å². The highest BCUT2D eigenvalue weighted by atomic mass is 35.5. The summed E-state index contributed by atoms with van der Waals surface area (Å²) in [7, 11) is 1.59. The Balaban J connectivity index is 2.56. The lowest BCUT2D eigenvalue weighted by Gasteiger charge is -2.10. The third-order valence-corrected chi connectivity index (χ3v) is 3.15. The molecule has 1 aromatic heterocycles. The van der Waals surface area contributed by atoms with Gasteiger partial charge in [0.2, 0.25) is 0 Å². The van der Waals surface area contributed by atoms with Crippen LogP contribution in [0.25, 0.3) is 5.69 Å². The second-order valence-electron chi connectivity index (χ2n) is 3.87. The topological polar surface area (TPSA) is 60.2 Å². The van der Waals surface area contributed by atoms with Gasteiger partial charge in [0.25, 0.3) is 0 Å². The third kappa shape index (κ3) is 2.25. The number of hydrogen-bond donors (Lipinski definition) is 1. The van der Waals surface area contributed by atoms with E-state index in [0.717, 1.165) is 16.9 Å². The van der Waals surface area contributed by atoms with Crippen LogP contribution in [0.5, 0.6) is 0 Å². The molecule has 0 aliphatic carbocycles. The number of hydrogen-bond acceptors (Lipinski definition) is 4. The molecule has 0 unspecified atom stereocenters. The van der Waals surface area contributed by atoms with Crippen molar-refractivity contribution in [3.63, 3.8) is 0 Å². The standard InChI is InChI=1S/C12H14ClN3O2/c1-8-9(13)4-3-5-11(8)16-12(7-18-2)10(6-17)14-15-16/h3-5,17H,6-7H2,1-2H3. The van der Waals surface area contributed by atoms with Gasteiger partial charge in [-0.05, 0) is 24.6 Å². The smallest absolute Gasteiger partial charge is 0.114 e. The van der Waals surface area contributed by atoms with E-state index in [1.807, 2.05) is 25.1 Å². The quantitative estimate of drug-likeness (QED) is 0.919. The normalized spacial score (nSPS) is 10.9. The van der Waals surface area contributed by atoms with Crippen molar-refractivity contribution in [2.75, 3.05) is 7.11 Å². The van der Waals surface area contributed by atoms with Gasteiger partial charge in [0, 0.05) is 12.1 Å². The van der Waals surface area contributed by atoms with Crippen molar-refractivity contribution in [3.05, 3.63) is 40.2 Å². The van der Waals surface area contributed by atoms with Crippen LogP contribution in [0.4, 0.5) is 0 Å². The Kier molecular flexibility index (Phi) is 3.96. The zero-order chi connectivity index (χ0) is 13.1. The maximum atomic E-state index is 9.23. The number of methoxy groups -OCH3 is 1. The van der Waals surface area contributed by atoms with Gasteiger partial charge in [-0.1, -0.05) is 22.9 Å². The van der Waals surface area contributed by atoms with Gasteiger partial charge >= 0.3 is 0 Å². The predicted molar refractivity (Wildman–Crippen MR) is 67.7 cm³/mol. The molecule has 6 heteroatoms. The summed E-state index contributed by atoms with van der Waals surface area (Å²) in [6.45, 7) is 2.07. The van der Waals surface area contributed by atoms with E-state index in [1.165, 1.54) is 0 Å². The average molecular weight is 268 g/mol. The number of nitrogens with zero attached hydrogens (tertiary/aromatic N) is 3. The molecule has 2 rings (SSSR count). The molecule has 1 aromatic carbocycles. The van der Waals surface area contributed by atoms with Gasteiger partial charge in [0.1, 0.15) is 5.69 Å². The Bertz CT molecular complexity index is 554. The monoisotopic (exact) mass is 267 g/mol. The summed E-state index contributed by atoms with van der Waals surface area (Å²) < 4.78 is 6.77. The predicted octanol–water partition coefficient (Wildman–Crippen LogP) is 1.87. The number of aromatic nitrogens is 3. The Morgan fingerprint density at radius 2 is 2.22 bits per heavy atom. The summed E-state index contributed by atoms with van der Waals surface area (Å²) >= 11 is 6.09. The van der Waals surface area contributed by atoms with Crippen LogP contribution in [-0.2, 0) is 18.0 Å². The second-order valence-corrected chi connectivity index (χ2v) is 4.28. The van der Waals surface area contributed by atoms with Gasteiger partial charge < -0.3 is 9.84 Å². The highest BCUT2D eigenvalue weighted by molar-refractivity contribution is 6.31. The molecule has 96 valence electrons. The van der Waals surface area contributed by atoms with E-state index >= 15 is 0 Å². The van der Waals surface area contributed by atoms with Gasteiger partial charge in [0.05, 0.1) is 24.6 Å². The van der Waals surface area contributed by atoms with E-state index < -0.39 is 0 Å². The molecule has 0 aliphatic heterocycles. The molecule has 1 heterocycles. The first-order chi connectivity index (χ1) is 8.69. The maximum absolute atomic E-state index is 9.23. The Morgan fingerprint density at radius 1 is 1.44 bits per heavy atom. The second kappa shape index (κ2) is 5.48. The zero-order valence-electron chi connectivity index (χ0n) is 10.2. The molecule has 5 nitrogen and oxygen atoms in total. The van der Waals surface area contributed by atoms with E-state index in [0.29, 0.717) is 17.3 Å². The average Bonchev–Trinajstić information content (AvgIpc) is 2.76. The number of aliphatic hydroxyl groups is 1. The van der Waals surface area contributed by atoms with Gasteiger partial charge in [0.15, 0.2) is 0 Å². The van der Waals surface area contributed by atoms with Gasteiger partial charge in [-0.3, -0.25) is 0 Å². The first kappa shape index (κ1) is 13.0. The highest BCUT2D eigenvalue weighted by Gasteiger charge is 2.15. The molecular weight excluding hydrogens is 254 g/mol. The van der Waals surface area contributed by atoms with Crippen molar-refractivity contribution in [3.8, 4) is 5.69 Å². The van der Waals surface area contributed by atoms with Crippen molar-refractivity contribution in [1.29, 1.82) is 0 Å². The lowest BCUT2D eigenvalue weighted by molar-refractivity contribution is 0.175. The first-order valence-electron chi connectivity index (χ1n) is 5.47. The number of aliphatic hydroxyl groups excluding tert-OH is 1. The van der Waals surface area contributed by atoms with Crippen LogP contribution in [-0.4, -0.2) is 27.2 Å². The molecule has 0 fully saturated rings. The zero-order valence-corrected chi connectivity index (χ0v) is 11.0. The van der Waals surface area contributed by atoms with Crippen LogP contribution >= 0.6 is 11.6 Å². The van der Waals surface area contributed by atoms with E-state index in [9.17, 15) is 5.11 Å². The molecule has 0 aliphatic rings. The van der Waals surface area contributed by atoms with Crippen molar-refractivity contribution in [1.82, 2.24) is 15.0 Å². The van der Waals surface area contributed by atoms with E-state index in [-0.39, 0.29) is 6.61 Å². The summed E-state index contributed by atoms with van der Waals surface area (Å²) in [5.74, 6) is 0. The van der Waals surface area contributed by atoms with Crippen LogP contribution in [0.15, 0.2) is 18.2 Å². The Hall–Kier alpha value is -1.43. The summed E-state index contributed by atoms with van der Waals surface area (Å²) in [5.41, 5.74) is 2.98. The Labute approximate surface area is 110 Å². The molecule has 0 bridgehead atoms. The molecular formula is C12H14ClN3O2. The van der Waals surface area contributed by atoms with Crippen molar-refractivity contribution < 1.29 is 9.84 Å². The molecule has 2 aromatic rings. The number of benzene rings is 1. The Morgan fingerprint density at radius 3 is 2.89 bits per heavy atom. The molecule has 0 spiro atoms. The van der Waals surface area contributed by atoms with Crippen LogP contribution < -0.4 is 0 Å². The fourth-order valence-corrected chi connectivity index (χ4v) is 1.93. The van der Waals surface area contributed by atoms with Crippen molar-refractivity contribution in [2.24, 2.45) is 0 Å². The number of halogens is 1. The first-order valence-corrected chi connectivity index (χ1v) is 5.85. The minimum absolute atomic E-state index is 0.168. The minimum atomic E-state index is -0.168. The molecule has 0 saturated heterocycles. The molecule has 18 heavy (non-hydrogen) atoms. The molecule has 1 N–H and O–H groups in total. The van der Waals surface area contributed by atoms with Crippen LogP contribution in [0.2, 0.25) is 5.02 Å². The third-order valence-electron chi connectivity index (χ3n) is 2.74. The van der Waals surface area contributed by atoms with Crippen molar-refractivity contribution in [2.45, 2.75) is 20.1 Å². The highest BCUT2D eigenvalue weighted by Crippen LogP contribution is 2.23. The lowest BCUT2D eigenvalue weighted by atomic mass is 10.2. The summed E-state index contributed by atoms with van der Waals surface area (Å²) in [5, 5.41) is 17.9. The lowest BCUT2D eigenvalue weighted by Crippen LogP contribution is -2.06. The fraction of sp³-hybridized carbons (Fsp3) is 0.333. The van der Waals surface area contributed by atoms with Crippen LogP contribution in [0.3, 0.4) is 0 Å². The summed E-state index contributed by atoms with van der Waals surface area (Å²) in [6.07, 6.45) is 0. The van der Waals surface area contributed by atoms with Gasteiger partial charge in [-0.15, -0.1) is 5.10 Å². The van der Waals surface area contributed by atoms with Gasteiger partial charge in [-0.2, -0.15) is 0 Å². The largest absolute Gasteiger partial charge is 0.390 e. The summed E-state index contributed by atoms with van der Waals surface area (Å²) in [6, 6.07) is 5.57. The number of ether oxygens (including phenoxy) is 1. The SMILES string of the molecule is COCc1c(CO)nnn1-c1cccc(Cl)c1C. The van der Waals surface area contributed by atoms with Crippen LogP contribution in [0, 0.1) is 6.92 Å². The molecule has 0 amide bonds. The van der Waals surface area contributed by atoms with E-state index in [4.69, 9.17) is 16.3 Å². The molecule has 0 radical (unpaired) electrons. The van der Waals surface area contributed by atoms with E-state index in [1.54, 1.807) is 11.8 Å². The number of rotatable bonds is 4. The van der Waals surface area contributed by atoms with Crippen LogP contribution in [0.1, 0.15) is 17.0 Å². The van der Waals surface area contributed by atoms with E-state index in [2.05, 4.69) is 10.3 Å².